The van der Waals surface area contributed by atoms with Gasteiger partial charge in [0.25, 0.3) is 0 Å². The minimum absolute atomic E-state index is 0.189. The van der Waals surface area contributed by atoms with Gasteiger partial charge in [-0.2, -0.15) is 11.8 Å². The first-order valence-corrected chi connectivity index (χ1v) is 5.46. The molecule has 0 saturated heterocycles. The van der Waals surface area contributed by atoms with Crippen molar-refractivity contribution in [2.75, 3.05) is 18.6 Å². The van der Waals surface area contributed by atoms with Gasteiger partial charge in [-0.05, 0) is 24.9 Å². The van der Waals surface area contributed by atoms with Crippen LogP contribution in [-0.4, -0.2) is 24.5 Å². The van der Waals surface area contributed by atoms with Crippen LogP contribution >= 0.6 is 11.8 Å². The van der Waals surface area contributed by atoms with Gasteiger partial charge in [-0.15, -0.1) is 0 Å². The second-order valence-corrected chi connectivity index (χ2v) is 3.43. The predicted molar refractivity (Wildman–Crippen MR) is 50.9 cm³/mol. The Hall–Kier alpha value is -0.180. The second kappa shape index (κ2) is 7.92. The van der Waals surface area contributed by atoms with Crippen molar-refractivity contribution in [3.05, 3.63) is 0 Å². The normalized spacial score (nSPS) is 9.64. The summed E-state index contributed by atoms with van der Waals surface area (Å²) in [5.74, 6) is 1.32. The molecule has 0 aromatic heterocycles. The van der Waals surface area contributed by atoms with E-state index in [0.717, 1.165) is 25.1 Å². The van der Waals surface area contributed by atoms with Crippen LogP contribution in [0.5, 0.6) is 0 Å². The molecule has 2 nitrogen and oxygen atoms in total. The maximum Gasteiger partial charge on any atom is 0.219 e. The number of hydrogen-bond donors (Lipinski definition) is 1. The molecule has 0 aromatic rings. The Morgan fingerprint density at radius 1 is 1.55 bits per heavy atom. The third-order valence-corrected chi connectivity index (χ3v) is 2.02. The summed E-state index contributed by atoms with van der Waals surface area (Å²) in [4.78, 5) is 10.9. The van der Waals surface area contributed by atoms with E-state index in [0.29, 0.717) is 6.42 Å². The number of rotatable bonds is 6. The van der Waals surface area contributed by atoms with Crippen molar-refractivity contribution in [1.82, 2.24) is 5.32 Å². The smallest absolute Gasteiger partial charge is 0.219 e. The zero-order chi connectivity index (χ0) is 8.53. The van der Waals surface area contributed by atoms with Gasteiger partial charge in [-0.3, -0.25) is 4.79 Å². The van der Waals surface area contributed by atoms with Crippen LogP contribution in [0.25, 0.3) is 0 Å². The van der Waals surface area contributed by atoms with Crippen LogP contribution < -0.4 is 5.32 Å². The molecule has 1 amide bonds. The molecule has 0 atom stereocenters. The number of nitrogens with one attached hydrogen (secondary N) is 1. The van der Waals surface area contributed by atoms with E-state index in [1.165, 1.54) is 0 Å². The first kappa shape index (κ1) is 10.8. The maximum absolute atomic E-state index is 10.9. The minimum Gasteiger partial charge on any atom is -0.356 e. The van der Waals surface area contributed by atoms with Gasteiger partial charge in [0, 0.05) is 13.0 Å². The summed E-state index contributed by atoms with van der Waals surface area (Å²) < 4.78 is 0. The molecule has 0 bridgehead atoms. The topological polar surface area (TPSA) is 29.1 Å². The Morgan fingerprint density at radius 2 is 2.27 bits per heavy atom. The molecule has 0 spiro atoms. The van der Waals surface area contributed by atoms with Gasteiger partial charge in [-0.25, -0.2) is 0 Å². The lowest BCUT2D eigenvalue weighted by Crippen LogP contribution is -2.24. The number of thioether (sulfide) groups is 1. The summed E-state index contributed by atoms with van der Waals surface area (Å²) in [5.41, 5.74) is 0. The predicted octanol–water partition coefficient (Wildman–Crippen LogP) is 1.66. The average Bonchev–Trinajstić information content (AvgIpc) is 1.99. The molecule has 11 heavy (non-hydrogen) atoms. The lowest BCUT2D eigenvalue weighted by molar-refractivity contribution is -0.121. The van der Waals surface area contributed by atoms with E-state index in [9.17, 15) is 4.79 Å². The molecule has 0 saturated carbocycles. The minimum atomic E-state index is 0.189. The molecule has 3 heteroatoms. The van der Waals surface area contributed by atoms with Gasteiger partial charge in [0.2, 0.25) is 5.91 Å². The van der Waals surface area contributed by atoms with Gasteiger partial charge in [0.15, 0.2) is 0 Å². The Bertz CT molecular complexity index is 106. The van der Waals surface area contributed by atoms with Gasteiger partial charge in [0.1, 0.15) is 0 Å². The maximum atomic E-state index is 10.9. The highest BCUT2D eigenvalue weighted by Gasteiger charge is 1.96. The monoisotopic (exact) mass is 175 g/mol. The van der Waals surface area contributed by atoms with E-state index in [1.807, 2.05) is 18.7 Å². The molecule has 0 fully saturated rings. The summed E-state index contributed by atoms with van der Waals surface area (Å²) >= 11 is 1.82. The highest BCUT2D eigenvalue weighted by Crippen LogP contribution is 1.93. The van der Waals surface area contributed by atoms with Crippen LogP contribution in [-0.2, 0) is 4.79 Å². The Balaban J connectivity index is 3.04. The number of carbonyl (C=O) groups is 1. The molecule has 0 unspecified atom stereocenters. The molecule has 0 radical (unpaired) electrons. The lowest BCUT2D eigenvalue weighted by atomic mass is 10.3. The van der Waals surface area contributed by atoms with Gasteiger partial charge < -0.3 is 5.32 Å². The quantitative estimate of drug-likeness (QED) is 0.622. The summed E-state index contributed by atoms with van der Waals surface area (Å²) in [6.07, 6.45) is 4.76. The Kier molecular flexibility index (Phi) is 7.79. The fraction of sp³-hybridized carbons (Fsp3) is 0.875. The van der Waals surface area contributed by atoms with Crippen LogP contribution in [0.4, 0.5) is 0 Å². The number of hydrogen-bond acceptors (Lipinski definition) is 2. The summed E-state index contributed by atoms with van der Waals surface area (Å²) in [6.45, 7) is 2.85. The summed E-state index contributed by atoms with van der Waals surface area (Å²) in [6, 6.07) is 0. The molecule has 0 rings (SSSR count). The largest absolute Gasteiger partial charge is 0.356 e. The first-order chi connectivity index (χ1) is 5.31. The summed E-state index contributed by atoms with van der Waals surface area (Å²) in [7, 11) is 0. The highest BCUT2D eigenvalue weighted by atomic mass is 32.2. The van der Waals surface area contributed by atoms with E-state index < -0.39 is 0 Å². The first-order valence-electron chi connectivity index (χ1n) is 4.07. The molecular weight excluding hydrogens is 158 g/mol. The van der Waals surface area contributed by atoms with Crippen LogP contribution in [0.15, 0.2) is 0 Å². The van der Waals surface area contributed by atoms with Gasteiger partial charge >= 0.3 is 0 Å². The van der Waals surface area contributed by atoms with Crippen molar-refractivity contribution in [2.24, 2.45) is 0 Å². The van der Waals surface area contributed by atoms with Crippen molar-refractivity contribution in [3.8, 4) is 0 Å². The molecule has 0 aliphatic carbocycles. The summed E-state index contributed by atoms with van der Waals surface area (Å²) in [5, 5.41) is 2.87. The van der Waals surface area contributed by atoms with Gasteiger partial charge in [0.05, 0.1) is 0 Å². The van der Waals surface area contributed by atoms with E-state index >= 15 is 0 Å². The van der Waals surface area contributed by atoms with Crippen LogP contribution in [0.2, 0.25) is 0 Å². The molecule has 66 valence electrons. The molecule has 1 N–H and O–H groups in total. The third-order valence-electron chi connectivity index (χ3n) is 1.32. The number of amides is 1. The van der Waals surface area contributed by atoms with E-state index in [2.05, 4.69) is 11.6 Å². The molecule has 0 heterocycles. The zero-order valence-electron chi connectivity index (χ0n) is 7.35. The van der Waals surface area contributed by atoms with Crippen LogP contribution in [0.1, 0.15) is 26.2 Å². The van der Waals surface area contributed by atoms with E-state index in [-0.39, 0.29) is 5.91 Å². The van der Waals surface area contributed by atoms with Crippen molar-refractivity contribution < 1.29 is 4.79 Å². The lowest BCUT2D eigenvalue weighted by Gasteiger charge is -2.01. The van der Waals surface area contributed by atoms with Gasteiger partial charge in [-0.1, -0.05) is 6.92 Å². The SMILES string of the molecule is CCCC(=O)NCCCSC. The Morgan fingerprint density at radius 3 is 2.82 bits per heavy atom. The molecule has 0 aliphatic heterocycles. The van der Waals surface area contributed by atoms with Crippen molar-refractivity contribution in [2.45, 2.75) is 26.2 Å². The number of carbonyl (C=O) groups excluding carboxylic acids is 1. The third kappa shape index (κ3) is 7.72. The van der Waals surface area contributed by atoms with E-state index in [1.54, 1.807) is 0 Å². The second-order valence-electron chi connectivity index (χ2n) is 2.45. The van der Waals surface area contributed by atoms with Crippen LogP contribution in [0.3, 0.4) is 0 Å². The fourth-order valence-corrected chi connectivity index (χ4v) is 1.19. The zero-order valence-corrected chi connectivity index (χ0v) is 8.17. The van der Waals surface area contributed by atoms with Crippen molar-refractivity contribution in [3.63, 3.8) is 0 Å². The molecular formula is C8H17NOS. The average molecular weight is 175 g/mol. The van der Waals surface area contributed by atoms with Crippen molar-refractivity contribution in [1.29, 1.82) is 0 Å². The Labute approximate surface area is 73.1 Å². The fourth-order valence-electron chi connectivity index (χ4n) is 0.760. The highest BCUT2D eigenvalue weighted by molar-refractivity contribution is 7.98. The molecule has 0 aliphatic rings. The van der Waals surface area contributed by atoms with Crippen LogP contribution in [0, 0.1) is 0 Å². The standard InChI is InChI=1S/C8H17NOS/c1-3-5-8(10)9-6-4-7-11-2/h3-7H2,1-2H3,(H,9,10). The van der Waals surface area contributed by atoms with Crippen molar-refractivity contribution >= 4 is 17.7 Å². The molecule has 0 aromatic carbocycles. The van der Waals surface area contributed by atoms with E-state index in [4.69, 9.17) is 0 Å².